The van der Waals surface area contributed by atoms with Gasteiger partial charge in [0.2, 0.25) is 15.7 Å². The molecule has 8 heteroatoms. The second kappa shape index (κ2) is 7.18. The van der Waals surface area contributed by atoms with E-state index in [1.807, 2.05) is 13.8 Å². The van der Waals surface area contributed by atoms with Crippen LogP contribution in [0.2, 0.25) is 0 Å². The van der Waals surface area contributed by atoms with E-state index in [1.165, 1.54) is 18.2 Å². The number of nitrogens with zero attached hydrogens (tertiary/aromatic N) is 2. The van der Waals surface area contributed by atoms with Gasteiger partial charge in [-0.2, -0.15) is 0 Å². The number of benzene rings is 2. The molecular weight excluding hydrogens is 390 g/mol. The summed E-state index contributed by atoms with van der Waals surface area (Å²) in [4.78, 5) is 25.3. The lowest BCUT2D eigenvalue weighted by Crippen LogP contribution is -2.23. The maximum atomic E-state index is 13.4. The number of sulfone groups is 1. The Kier molecular flexibility index (Phi) is 4.82. The molecule has 1 N–H and O–H groups in total. The molecule has 1 aliphatic carbocycles. The van der Waals surface area contributed by atoms with Crippen molar-refractivity contribution in [3.8, 4) is 0 Å². The molecule has 1 amide bonds. The van der Waals surface area contributed by atoms with Crippen LogP contribution >= 0.6 is 0 Å². The van der Waals surface area contributed by atoms with Crippen LogP contribution in [0.5, 0.6) is 0 Å². The normalized spacial score (nSPS) is 14.3. The maximum absolute atomic E-state index is 13.4. The SMILES string of the molecule is CCn1c(=O)n(CC)c2cc(S(=O)(=O)c3ccccc3)c(NC(=O)C3CC3)cc21. The predicted molar refractivity (Wildman–Crippen MR) is 111 cm³/mol. The van der Waals surface area contributed by atoms with E-state index in [0.29, 0.717) is 24.1 Å². The summed E-state index contributed by atoms with van der Waals surface area (Å²) in [7, 11) is -3.89. The zero-order valence-electron chi connectivity index (χ0n) is 16.4. The zero-order chi connectivity index (χ0) is 20.8. The second-order valence-corrected chi connectivity index (χ2v) is 9.11. The first kappa shape index (κ1) is 19.4. The van der Waals surface area contributed by atoms with Gasteiger partial charge in [0.05, 0.1) is 26.5 Å². The van der Waals surface area contributed by atoms with Gasteiger partial charge in [-0.05, 0) is 51.0 Å². The highest BCUT2D eigenvalue weighted by Crippen LogP contribution is 2.35. The molecule has 2 aromatic carbocycles. The summed E-state index contributed by atoms with van der Waals surface area (Å²) in [6.07, 6.45) is 1.61. The molecule has 152 valence electrons. The van der Waals surface area contributed by atoms with Crippen LogP contribution in [-0.2, 0) is 27.7 Å². The molecule has 0 atom stereocenters. The van der Waals surface area contributed by atoms with Gasteiger partial charge in [0.25, 0.3) is 0 Å². The van der Waals surface area contributed by atoms with E-state index in [-0.39, 0.29) is 33.0 Å². The molecule has 7 nitrogen and oxygen atoms in total. The van der Waals surface area contributed by atoms with Gasteiger partial charge in [0.15, 0.2) is 0 Å². The smallest absolute Gasteiger partial charge is 0.325 e. The largest absolute Gasteiger partial charge is 0.329 e. The van der Waals surface area contributed by atoms with Crippen molar-refractivity contribution in [1.82, 2.24) is 9.13 Å². The molecule has 1 aliphatic rings. The summed E-state index contributed by atoms with van der Waals surface area (Å²) >= 11 is 0. The van der Waals surface area contributed by atoms with Crippen molar-refractivity contribution in [1.29, 1.82) is 0 Å². The van der Waals surface area contributed by atoms with Gasteiger partial charge in [-0.3, -0.25) is 13.9 Å². The third kappa shape index (κ3) is 3.27. The number of nitrogens with one attached hydrogen (secondary N) is 1. The van der Waals surface area contributed by atoms with Gasteiger partial charge in [0, 0.05) is 19.0 Å². The van der Waals surface area contributed by atoms with Crippen molar-refractivity contribution >= 4 is 32.5 Å². The first-order valence-electron chi connectivity index (χ1n) is 9.76. The highest BCUT2D eigenvalue weighted by atomic mass is 32.2. The fourth-order valence-electron chi connectivity index (χ4n) is 3.58. The number of aryl methyl sites for hydroxylation is 2. The van der Waals surface area contributed by atoms with Gasteiger partial charge < -0.3 is 5.32 Å². The predicted octanol–water partition coefficient (Wildman–Crippen LogP) is 3.02. The number of hydrogen-bond acceptors (Lipinski definition) is 4. The topological polar surface area (TPSA) is 90.2 Å². The highest BCUT2D eigenvalue weighted by molar-refractivity contribution is 7.91. The Balaban J connectivity index is 2.00. The second-order valence-electron chi connectivity index (χ2n) is 7.19. The van der Waals surface area contributed by atoms with Gasteiger partial charge in [0.1, 0.15) is 0 Å². The minimum atomic E-state index is -3.89. The Labute approximate surface area is 168 Å². The molecular formula is C21H23N3O4S. The summed E-state index contributed by atoms with van der Waals surface area (Å²) in [5.41, 5.74) is 1.17. The lowest BCUT2D eigenvalue weighted by atomic mass is 10.2. The highest BCUT2D eigenvalue weighted by Gasteiger charge is 2.32. The van der Waals surface area contributed by atoms with Crippen molar-refractivity contribution in [3.05, 3.63) is 52.9 Å². The van der Waals surface area contributed by atoms with E-state index in [4.69, 9.17) is 0 Å². The van der Waals surface area contributed by atoms with E-state index in [0.717, 1.165) is 12.8 Å². The summed E-state index contributed by atoms with van der Waals surface area (Å²) in [5.74, 6) is -0.263. The van der Waals surface area contributed by atoms with Crippen LogP contribution in [0.3, 0.4) is 0 Å². The third-order valence-corrected chi connectivity index (χ3v) is 7.11. The van der Waals surface area contributed by atoms with Gasteiger partial charge in [-0.15, -0.1) is 0 Å². The van der Waals surface area contributed by atoms with Crippen LogP contribution in [0.25, 0.3) is 11.0 Å². The Morgan fingerprint density at radius 1 is 1.03 bits per heavy atom. The lowest BCUT2D eigenvalue weighted by Gasteiger charge is -2.13. The van der Waals surface area contributed by atoms with Crippen LogP contribution in [0, 0.1) is 5.92 Å². The molecule has 1 heterocycles. The average molecular weight is 413 g/mol. The molecule has 4 rings (SSSR count). The van der Waals surface area contributed by atoms with Crippen molar-refractivity contribution in [2.75, 3.05) is 5.32 Å². The van der Waals surface area contributed by atoms with E-state index in [2.05, 4.69) is 5.32 Å². The first-order chi connectivity index (χ1) is 13.9. The standard InChI is InChI=1S/C21H23N3O4S/c1-3-23-17-12-16(22-20(25)14-10-11-14)19(13-18(17)24(4-2)21(23)26)29(27,28)15-8-6-5-7-9-15/h5-9,12-14H,3-4,10-11H2,1-2H3,(H,22,25). The number of amides is 1. The fraction of sp³-hybridized carbons (Fsp3) is 0.333. The molecule has 0 spiro atoms. The number of carbonyl (C=O) groups excluding carboxylic acids is 1. The quantitative estimate of drug-likeness (QED) is 0.673. The number of hydrogen-bond donors (Lipinski definition) is 1. The van der Waals surface area contributed by atoms with Crippen molar-refractivity contribution in [2.45, 2.75) is 49.6 Å². The summed E-state index contributed by atoms with van der Waals surface area (Å²) < 4.78 is 29.9. The Morgan fingerprint density at radius 3 is 2.17 bits per heavy atom. The average Bonchev–Trinajstić information content (AvgIpc) is 3.52. The maximum Gasteiger partial charge on any atom is 0.329 e. The molecule has 1 saturated carbocycles. The molecule has 1 fully saturated rings. The number of carbonyl (C=O) groups is 1. The monoisotopic (exact) mass is 413 g/mol. The molecule has 0 aliphatic heterocycles. The van der Waals surface area contributed by atoms with E-state index in [9.17, 15) is 18.0 Å². The first-order valence-corrected chi connectivity index (χ1v) is 11.2. The summed E-state index contributed by atoms with van der Waals surface area (Å²) in [6, 6.07) is 11.2. The van der Waals surface area contributed by atoms with Crippen LogP contribution in [0.15, 0.2) is 57.1 Å². The van der Waals surface area contributed by atoms with Crippen molar-refractivity contribution in [3.63, 3.8) is 0 Å². The Morgan fingerprint density at radius 2 is 1.62 bits per heavy atom. The summed E-state index contributed by atoms with van der Waals surface area (Å²) in [6.45, 7) is 4.57. The molecule has 0 radical (unpaired) electrons. The Hall–Kier alpha value is -2.87. The molecule has 0 unspecified atom stereocenters. The number of aromatic nitrogens is 2. The number of fused-ring (bicyclic) bond motifs is 1. The fourth-order valence-corrected chi connectivity index (χ4v) is 5.02. The van der Waals surface area contributed by atoms with Crippen molar-refractivity contribution < 1.29 is 13.2 Å². The van der Waals surface area contributed by atoms with E-state index in [1.54, 1.807) is 33.4 Å². The van der Waals surface area contributed by atoms with Crippen LogP contribution < -0.4 is 11.0 Å². The number of rotatable bonds is 6. The van der Waals surface area contributed by atoms with Gasteiger partial charge in [-0.1, -0.05) is 18.2 Å². The third-order valence-electron chi connectivity index (χ3n) is 5.30. The minimum Gasteiger partial charge on any atom is -0.325 e. The molecule has 29 heavy (non-hydrogen) atoms. The Bertz CT molecular complexity index is 1250. The molecule has 0 bridgehead atoms. The zero-order valence-corrected chi connectivity index (χ0v) is 17.2. The van der Waals surface area contributed by atoms with E-state index < -0.39 is 9.84 Å². The number of imidazole rings is 1. The summed E-state index contributed by atoms with van der Waals surface area (Å²) in [5, 5.41) is 2.80. The van der Waals surface area contributed by atoms with Crippen molar-refractivity contribution in [2.24, 2.45) is 5.92 Å². The molecule has 3 aromatic rings. The van der Waals surface area contributed by atoms with Crippen LogP contribution in [0.1, 0.15) is 26.7 Å². The molecule has 0 saturated heterocycles. The van der Waals surface area contributed by atoms with Gasteiger partial charge in [-0.25, -0.2) is 13.2 Å². The van der Waals surface area contributed by atoms with Crippen LogP contribution in [0.4, 0.5) is 5.69 Å². The minimum absolute atomic E-state index is 0.000605. The molecule has 1 aromatic heterocycles. The van der Waals surface area contributed by atoms with E-state index >= 15 is 0 Å². The van der Waals surface area contributed by atoms with Crippen LogP contribution in [-0.4, -0.2) is 23.5 Å². The van der Waals surface area contributed by atoms with Gasteiger partial charge >= 0.3 is 5.69 Å². The number of anilines is 1. The lowest BCUT2D eigenvalue weighted by molar-refractivity contribution is -0.117.